The van der Waals surface area contributed by atoms with E-state index >= 15 is 0 Å². The minimum Gasteiger partial charge on any atom is -0.457 e. The molecule has 2 aromatic carbocycles. The van der Waals surface area contributed by atoms with Crippen molar-refractivity contribution in [2.24, 2.45) is 0 Å². The third-order valence-electron chi connectivity index (χ3n) is 3.30. The number of furan rings is 1. The average molecular weight is 324 g/mol. The number of rotatable bonds is 3. The molecule has 0 amide bonds. The molecule has 0 saturated carbocycles. The van der Waals surface area contributed by atoms with Crippen LogP contribution in [0.25, 0.3) is 23.0 Å². The Kier molecular flexibility index (Phi) is 4.27. The van der Waals surface area contributed by atoms with Crippen molar-refractivity contribution in [2.75, 3.05) is 0 Å². The highest BCUT2D eigenvalue weighted by atomic mass is 35.5. The highest BCUT2D eigenvalue weighted by Crippen LogP contribution is 2.26. The molecule has 3 rings (SSSR count). The smallest absolute Gasteiger partial charge is 0.134 e. The van der Waals surface area contributed by atoms with E-state index in [9.17, 15) is 9.65 Å². The summed E-state index contributed by atoms with van der Waals surface area (Å²) in [7, 11) is 0. The van der Waals surface area contributed by atoms with Gasteiger partial charge in [0.25, 0.3) is 0 Å². The Balaban J connectivity index is 1.93. The Hall–Kier alpha value is -2.83. The second-order valence-electron chi connectivity index (χ2n) is 4.89. The van der Waals surface area contributed by atoms with Crippen molar-refractivity contribution in [2.45, 2.75) is 0 Å². The van der Waals surface area contributed by atoms with E-state index in [1.807, 2.05) is 0 Å². The molecule has 4 heteroatoms. The maximum absolute atomic E-state index is 13.3. The normalized spacial score (nSPS) is 11.3. The predicted octanol–water partition coefficient (Wildman–Crippen LogP) is 5.80. The summed E-state index contributed by atoms with van der Waals surface area (Å²) < 4.78 is 19.0. The Morgan fingerprint density at radius 3 is 2.57 bits per heavy atom. The standard InChI is InChI=1S/C19H11ClFNO/c20-16-6-4-13(5-7-16)15(12-22)11-18-8-9-19(23-18)14-2-1-3-17(21)10-14/h1-11H/b15-11+. The Labute approximate surface area is 138 Å². The highest BCUT2D eigenvalue weighted by molar-refractivity contribution is 6.30. The number of benzene rings is 2. The summed E-state index contributed by atoms with van der Waals surface area (Å²) in [6.45, 7) is 0. The Morgan fingerprint density at radius 1 is 1.09 bits per heavy atom. The van der Waals surface area contributed by atoms with Crippen LogP contribution < -0.4 is 0 Å². The van der Waals surface area contributed by atoms with Crippen LogP contribution in [0.15, 0.2) is 65.1 Å². The van der Waals surface area contributed by atoms with Gasteiger partial charge in [-0.05, 0) is 48.0 Å². The molecule has 0 bridgehead atoms. The lowest BCUT2D eigenvalue weighted by Gasteiger charge is -1.99. The topological polar surface area (TPSA) is 36.9 Å². The van der Waals surface area contributed by atoms with Crippen LogP contribution in [-0.4, -0.2) is 0 Å². The quantitative estimate of drug-likeness (QED) is 0.571. The van der Waals surface area contributed by atoms with Crippen molar-refractivity contribution in [3.63, 3.8) is 0 Å². The molecular formula is C19H11ClFNO. The second-order valence-corrected chi connectivity index (χ2v) is 5.33. The van der Waals surface area contributed by atoms with Gasteiger partial charge in [0.1, 0.15) is 17.3 Å². The molecule has 0 spiro atoms. The largest absolute Gasteiger partial charge is 0.457 e. The van der Waals surface area contributed by atoms with Gasteiger partial charge < -0.3 is 4.42 Å². The van der Waals surface area contributed by atoms with Crippen LogP contribution in [-0.2, 0) is 0 Å². The van der Waals surface area contributed by atoms with Crippen molar-refractivity contribution >= 4 is 23.3 Å². The van der Waals surface area contributed by atoms with E-state index in [0.29, 0.717) is 27.7 Å². The third kappa shape index (κ3) is 3.50. The number of allylic oxidation sites excluding steroid dienone is 1. The van der Waals surface area contributed by atoms with Crippen molar-refractivity contribution < 1.29 is 8.81 Å². The zero-order valence-corrected chi connectivity index (χ0v) is 12.7. The van der Waals surface area contributed by atoms with Gasteiger partial charge in [-0.3, -0.25) is 0 Å². The van der Waals surface area contributed by atoms with E-state index < -0.39 is 0 Å². The molecular weight excluding hydrogens is 313 g/mol. The van der Waals surface area contributed by atoms with E-state index in [1.54, 1.807) is 54.6 Å². The molecule has 0 aliphatic carbocycles. The van der Waals surface area contributed by atoms with E-state index in [4.69, 9.17) is 16.0 Å². The van der Waals surface area contributed by atoms with Crippen molar-refractivity contribution in [1.82, 2.24) is 0 Å². The zero-order chi connectivity index (χ0) is 16.2. The Morgan fingerprint density at radius 2 is 1.87 bits per heavy atom. The van der Waals surface area contributed by atoms with Crippen molar-refractivity contribution in [3.05, 3.63) is 82.8 Å². The summed E-state index contributed by atoms with van der Waals surface area (Å²) in [5.41, 5.74) is 1.86. The number of halogens is 2. The first-order valence-electron chi connectivity index (χ1n) is 6.89. The van der Waals surface area contributed by atoms with Gasteiger partial charge >= 0.3 is 0 Å². The van der Waals surface area contributed by atoms with Crippen LogP contribution in [0, 0.1) is 17.1 Å². The molecule has 1 heterocycles. The van der Waals surface area contributed by atoms with Crippen LogP contribution in [0.1, 0.15) is 11.3 Å². The number of nitrogens with zero attached hydrogens (tertiary/aromatic N) is 1. The summed E-state index contributed by atoms with van der Waals surface area (Å²) in [4.78, 5) is 0. The monoisotopic (exact) mass is 323 g/mol. The molecule has 1 aromatic heterocycles. The Bertz CT molecular complexity index is 904. The maximum atomic E-state index is 13.3. The molecule has 0 fully saturated rings. The predicted molar refractivity (Wildman–Crippen MR) is 89.0 cm³/mol. The van der Waals surface area contributed by atoms with Crippen LogP contribution in [0.2, 0.25) is 5.02 Å². The number of hydrogen-bond acceptors (Lipinski definition) is 2. The summed E-state index contributed by atoms with van der Waals surface area (Å²) in [6.07, 6.45) is 1.64. The lowest BCUT2D eigenvalue weighted by atomic mass is 10.1. The van der Waals surface area contributed by atoms with Crippen LogP contribution in [0.5, 0.6) is 0 Å². The number of nitriles is 1. The minimum absolute atomic E-state index is 0.324. The summed E-state index contributed by atoms with van der Waals surface area (Å²) in [5, 5.41) is 9.94. The highest BCUT2D eigenvalue weighted by Gasteiger charge is 2.07. The lowest BCUT2D eigenvalue weighted by Crippen LogP contribution is -1.80. The SMILES string of the molecule is N#C/C(=C\c1ccc(-c2cccc(F)c2)o1)c1ccc(Cl)cc1. The molecule has 0 N–H and O–H groups in total. The molecule has 112 valence electrons. The van der Waals surface area contributed by atoms with E-state index in [1.165, 1.54) is 12.1 Å². The molecule has 23 heavy (non-hydrogen) atoms. The van der Waals surface area contributed by atoms with Gasteiger partial charge in [-0.25, -0.2) is 4.39 Å². The molecule has 0 radical (unpaired) electrons. The molecule has 0 aliphatic heterocycles. The van der Waals surface area contributed by atoms with Gasteiger partial charge in [-0.2, -0.15) is 5.26 Å². The summed E-state index contributed by atoms with van der Waals surface area (Å²) >= 11 is 5.85. The van der Waals surface area contributed by atoms with Crippen molar-refractivity contribution in [1.29, 1.82) is 5.26 Å². The van der Waals surface area contributed by atoms with Crippen LogP contribution >= 0.6 is 11.6 Å². The fourth-order valence-corrected chi connectivity index (χ4v) is 2.31. The molecule has 0 aliphatic rings. The fraction of sp³-hybridized carbons (Fsp3) is 0. The van der Waals surface area contributed by atoms with Crippen molar-refractivity contribution in [3.8, 4) is 17.4 Å². The first kappa shape index (κ1) is 15.1. The third-order valence-corrected chi connectivity index (χ3v) is 3.55. The van der Waals surface area contributed by atoms with Gasteiger partial charge in [-0.1, -0.05) is 35.9 Å². The van der Waals surface area contributed by atoms with Crippen LogP contribution in [0.4, 0.5) is 4.39 Å². The van der Waals surface area contributed by atoms with E-state index in [2.05, 4.69) is 6.07 Å². The molecule has 0 unspecified atom stereocenters. The molecule has 0 atom stereocenters. The van der Waals surface area contributed by atoms with Gasteiger partial charge in [0.15, 0.2) is 0 Å². The summed E-state index contributed by atoms with van der Waals surface area (Å²) in [6, 6.07) is 18.8. The fourth-order valence-electron chi connectivity index (χ4n) is 2.18. The minimum atomic E-state index is -0.324. The maximum Gasteiger partial charge on any atom is 0.134 e. The summed E-state index contributed by atoms with van der Waals surface area (Å²) in [5.74, 6) is 0.745. The molecule has 0 saturated heterocycles. The average Bonchev–Trinajstić information content (AvgIpc) is 3.02. The van der Waals surface area contributed by atoms with Gasteiger partial charge in [-0.15, -0.1) is 0 Å². The first-order valence-corrected chi connectivity index (χ1v) is 7.27. The lowest BCUT2D eigenvalue weighted by molar-refractivity contribution is 0.570. The van der Waals surface area contributed by atoms with Crippen LogP contribution in [0.3, 0.4) is 0 Å². The number of hydrogen-bond donors (Lipinski definition) is 0. The van der Waals surface area contributed by atoms with Gasteiger partial charge in [0.2, 0.25) is 0 Å². The second kappa shape index (κ2) is 6.51. The zero-order valence-electron chi connectivity index (χ0n) is 12.0. The van der Waals surface area contributed by atoms with E-state index in [0.717, 1.165) is 5.56 Å². The van der Waals surface area contributed by atoms with Gasteiger partial charge in [0, 0.05) is 10.6 Å². The van der Waals surface area contributed by atoms with Gasteiger partial charge in [0.05, 0.1) is 11.6 Å². The molecule has 2 nitrogen and oxygen atoms in total. The molecule has 3 aromatic rings. The first-order chi connectivity index (χ1) is 11.2. The van der Waals surface area contributed by atoms with E-state index in [-0.39, 0.29) is 5.82 Å².